The van der Waals surface area contributed by atoms with Crippen molar-refractivity contribution in [1.82, 2.24) is 5.32 Å². The third kappa shape index (κ3) is 2.87. The topological polar surface area (TPSA) is 46.2 Å². The molecule has 18 heavy (non-hydrogen) atoms. The molecule has 1 aliphatic rings. The molecule has 100 valence electrons. The van der Waals surface area contributed by atoms with Gasteiger partial charge in [0.1, 0.15) is 0 Å². The van der Waals surface area contributed by atoms with Crippen molar-refractivity contribution >= 4 is 21.4 Å². The van der Waals surface area contributed by atoms with Crippen LogP contribution in [0.25, 0.3) is 0 Å². The third-order valence-corrected chi connectivity index (χ3v) is 5.05. The van der Waals surface area contributed by atoms with E-state index in [9.17, 15) is 8.42 Å². The Kier molecular flexibility index (Phi) is 3.47. The maximum Gasteiger partial charge on any atom is 0.175 e. The fraction of sp³-hybridized carbons (Fsp3) is 0.538. The van der Waals surface area contributed by atoms with E-state index >= 15 is 0 Å². The number of benzene rings is 1. The minimum Gasteiger partial charge on any atom is -0.309 e. The monoisotopic (exact) mass is 287 g/mol. The zero-order valence-electron chi connectivity index (χ0n) is 10.8. The number of nitrogens with one attached hydrogen (secondary N) is 1. The molecule has 1 aromatic rings. The van der Waals surface area contributed by atoms with Gasteiger partial charge < -0.3 is 5.32 Å². The molecule has 5 heteroatoms. The molecule has 0 aromatic heterocycles. The number of hydrogen-bond donors (Lipinski definition) is 1. The minimum absolute atomic E-state index is 0.312. The van der Waals surface area contributed by atoms with Crippen LogP contribution in [0.15, 0.2) is 23.1 Å². The quantitative estimate of drug-likeness (QED) is 0.926. The Morgan fingerprint density at radius 1 is 1.44 bits per heavy atom. The zero-order chi connectivity index (χ0) is 13.6. The number of sulfone groups is 1. The summed E-state index contributed by atoms with van der Waals surface area (Å²) in [6.45, 7) is 4.87. The van der Waals surface area contributed by atoms with Crippen molar-refractivity contribution in [2.45, 2.75) is 37.8 Å². The maximum atomic E-state index is 11.7. The van der Waals surface area contributed by atoms with Gasteiger partial charge in [0.05, 0.1) is 4.90 Å². The molecule has 1 aromatic carbocycles. The standard InChI is InChI=1S/C13H18ClNO2S/c1-13(2)7-12(13)15-8-9-10(14)5-4-6-11(9)18(3,16)17/h4-6,12,15H,7-8H2,1-3H3. The molecule has 1 atom stereocenters. The van der Waals surface area contributed by atoms with Crippen molar-refractivity contribution in [1.29, 1.82) is 0 Å². The van der Waals surface area contributed by atoms with Crippen molar-refractivity contribution in [3.05, 3.63) is 28.8 Å². The van der Waals surface area contributed by atoms with Crippen LogP contribution in [0.1, 0.15) is 25.8 Å². The van der Waals surface area contributed by atoms with Gasteiger partial charge >= 0.3 is 0 Å². The van der Waals surface area contributed by atoms with Gasteiger partial charge in [0.25, 0.3) is 0 Å². The van der Waals surface area contributed by atoms with Crippen LogP contribution in [-0.4, -0.2) is 20.7 Å². The summed E-state index contributed by atoms with van der Waals surface area (Å²) in [5.41, 5.74) is 0.983. The molecule has 1 unspecified atom stereocenters. The van der Waals surface area contributed by atoms with Gasteiger partial charge in [0.2, 0.25) is 0 Å². The smallest absolute Gasteiger partial charge is 0.175 e. The highest BCUT2D eigenvalue weighted by Gasteiger charge is 2.45. The first kappa shape index (κ1) is 13.8. The van der Waals surface area contributed by atoms with Crippen LogP contribution in [-0.2, 0) is 16.4 Å². The van der Waals surface area contributed by atoms with E-state index in [1.807, 2.05) is 0 Å². The molecule has 0 radical (unpaired) electrons. The second kappa shape index (κ2) is 4.51. The Morgan fingerprint density at radius 3 is 2.56 bits per heavy atom. The Balaban J connectivity index is 2.22. The lowest BCUT2D eigenvalue weighted by Gasteiger charge is -2.12. The van der Waals surface area contributed by atoms with E-state index in [0.29, 0.717) is 33.5 Å². The van der Waals surface area contributed by atoms with Crippen molar-refractivity contribution < 1.29 is 8.42 Å². The molecular formula is C13H18ClNO2S. The largest absolute Gasteiger partial charge is 0.309 e. The summed E-state index contributed by atoms with van der Waals surface area (Å²) in [5, 5.41) is 3.87. The highest BCUT2D eigenvalue weighted by molar-refractivity contribution is 7.90. The van der Waals surface area contributed by atoms with Gasteiger partial charge in [0, 0.05) is 29.4 Å². The summed E-state index contributed by atoms with van der Waals surface area (Å²) in [4.78, 5) is 0.320. The Hall–Kier alpha value is -0.580. The van der Waals surface area contributed by atoms with E-state index in [1.165, 1.54) is 6.26 Å². The van der Waals surface area contributed by atoms with Crippen LogP contribution in [0.2, 0.25) is 5.02 Å². The second-order valence-electron chi connectivity index (χ2n) is 5.61. The van der Waals surface area contributed by atoms with Crippen LogP contribution in [0, 0.1) is 5.41 Å². The van der Waals surface area contributed by atoms with Gasteiger partial charge in [-0.1, -0.05) is 31.5 Å². The summed E-state index contributed by atoms with van der Waals surface area (Å²) in [6, 6.07) is 5.45. The Bertz CT molecular complexity index is 566. The van der Waals surface area contributed by atoms with Gasteiger partial charge in [-0.3, -0.25) is 0 Å². The molecule has 0 bridgehead atoms. The lowest BCUT2D eigenvalue weighted by atomic mass is 10.2. The van der Waals surface area contributed by atoms with Crippen molar-refractivity contribution in [2.75, 3.05) is 6.26 Å². The van der Waals surface area contributed by atoms with Crippen molar-refractivity contribution in [3.63, 3.8) is 0 Å². The first-order valence-corrected chi connectivity index (χ1v) is 8.19. The molecule has 0 spiro atoms. The van der Waals surface area contributed by atoms with E-state index in [4.69, 9.17) is 11.6 Å². The summed E-state index contributed by atoms with van der Waals surface area (Å²) >= 11 is 6.11. The first-order valence-electron chi connectivity index (χ1n) is 5.92. The van der Waals surface area contributed by atoms with Crippen molar-refractivity contribution in [2.24, 2.45) is 5.41 Å². The van der Waals surface area contributed by atoms with Gasteiger partial charge in [-0.25, -0.2) is 8.42 Å². The predicted octanol–water partition coefficient (Wildman–Crippen LogP) is 2.63. The molecule has 0 heterocycles. The van der Waals surface area contributed by atoms with Crippen LogP contribution in [0.5, 0.6) is 0 Å². The predicted molar refractivity (Wildman–Crippen MR) is 73.6 cm³/mol. The van der Waals surface area contributed by atoms with Crippen LogP contribution < -0.4 is 5.32 Å². The van der Waals surface area contributed by atoms with E-state index < -0.39 is 9.84 Å². The van der Waals surface area contributed by atoms with Gasteiger partial charge in [-0.2, -0.15) is 0 Å². The van der Waals surface area contributed by atoms with Gasteiger partial charge in [-0.15, -0.1) is 0 Å². The average molecular weight is 288 g/mol. The molecule has 0 saturated heterocycles. The molecule has 2 rings (SSSR count). The molecule has 1 aliphatic carbocycles. The summed E-state index contributed by atoms with van der Waals surface area (Å²) in [6.07, 6.45) is 2.33. The van der Waals surface area contributed by atoms with E-state index in [0.717, 1.165) is 6.42 Å². The number of rotatable bonds is 4. The van der Waals surface area contributed by atoms with Gasteiger partial charge in [-0.05, 0) is 24.0 Å². The normalized spacial score (nSPS) is 21.9. The minimum atomic E-state index is -3.24. The van der Waals surface area contributed by atoms with Gasteiger partial charge in [0.15, 0.2) is 9.84 Å². The van der Waals surface area contributed by atoms with Crippen LogP contribution in [0.3, 0.4) is 0 Å². The Morgan fingerprint density at radius 2 is 2.06 bits per heavy atom. The third-order valence-electron chi connectivity index (χ3n) is 3.51. The molecule has 1 saturated carbocycles. The number of hydrogen-bond acceptors (Lipinski definition) is 3. The maximum absolute atomic E-state index is 11.7. The van der Waals surface area contributed by atoms with E-state index in [1.54, 1.807) is 18.2 Å². The fourth-order valence-electron chi connectivity index (χ4n) is 2.10. The molecule has 3 nitrogen and oxygen atoms in total. The second-order valence-corrected chi connectivity index (χ2v) is 8.01. The molecule has 0 amide bonds. The molecular weight excluding hydrogens is 270 g/mol. The summed E-state index contributed by atoms with van der Waals surface area (Å²) in [5.74, 6) is 0. The Labute approximate surface area is 113 Å². The van der Waals surface area contributed by atoms with Crippen molar-refractivity contribution in [3.8, 4) is 0 Å². The highest BCUT2D eigenvalue weighted by atomic mass is 35.5. The molecule has 0 aliphatic heterocycles. The summed E-state index contributed by atoms with van der Waals surface area (Å²) in [7, 11) is -3.24. The van der Waals surface area contributed by atoms with Crippen LogP contribution in [0.4, 0.5) is 0 Å². The molecule has 1 fully saturated rings. The SMILES string of the molecule is CC1(C)CC1NCc1c(Cl)cccc1S(C)(=O)=O. The average Bonchev–Trinajstić information content (AvgIpc) is 2.83. The fourth-order valence-corrected chi connectivity index (χ4v) is 3.35. The van der Waals surface area contributed by atoms with E-state index in [-0.39, 0.29) is 0 Å². The first-order chi connectivity index (χ1) is 8.22. The lowest BCUT2D eigenvalue weighted by molar-refractivity contribution is 0.539. The van der Waals surface area contributed by atoms with Crippen LogP contribution >= 0.6 is 11.6 Å². The zero-order valence-corrected chi connectivity index (χ0v) is 12.4. The highest BCUT2D eigenvalue weighted by Crippen LogP contribution is 2.44. The summed E-state index contributed by atoms with van der Waals surface area (Å²) < 4.78 is 23.4. The molecule has 1 N–H and O–H groups in total. The lowest BCUT2D eigenvalue weighted by Crippen LogP contribution is -2.21. The van der Waals surface area contributed by atoms with E-state index in [2.05, 4.69) is 19.2 Å². The number of halogens is 1.